The summed E-state index contributed by atoms with van der Waals surface area (Å²) in [4.78, 5) is 24.0. The molecule has 1 aliphatic heterocycles. The second-order valence-corrected chi connectivity index (χ2v) is 6.30. The minimum atomic E-state index is -0.730. The highest BCUT2D eigenvalue weighted by atomic mass is 35.5. The molecule has 0 atom stereocenters. The zero-order chi connectivity index (χ0) is 18.5. The molecule has 8 heteroatoms. The number of fused-ring (bicyclic) bond motifs is 1. The molecule has 1 heterocycles. The third kappa shape index (κ3) is 4.59. The van der Waals surface area contributed by atoms with Crippen LogP contribution in [0.25, 0.3) is 0 Å². The summed E-state index contributed by atoms with van der Waals surface area (Å²) < 4.78 is 16.1. The number of nitrogens with one attached hydrogen (secondary N) is 1. The summed E-state index contributed by atoms with van der Waals surface area (Å²) in [5, 5.41) is 3.18. The van der Waals surface area contributed by atoms with Crippen molar-refractivity contribution in [2.45, 2.75) is 6.42 Å². The van der Waals surface area contributed by atoms with Gasteiger partial charge in [0.1, 0.15) is 0 Å². The van der Waals surface area contributed by atoms with Gasteiger partial charge in [0, 0.05) is 23.2 Å². The first-order valence-corrected chi connectivity index (χ1v) is 8.60. The third-order valence-corrected chi connectivity index (χ3v) is 4.08. The van der Waals surface area contributed by atoms with E-state index in [-0.39, 0.29) is 10.6 Å². The van der Waals surface area contributed by atoms with E-state index in [1.54, 1.807) is 24.3 Å². The highest BCUT2D eigenvalue weighted by Gasteiger charge is 2.16. The summed E-state index contributed by atoms with van der Waals surface area (Å²) in [6.45, 7) is 0.666. The molecule has 0 unspecified atom stereocenters. The van der Waals surface area contributed by atoms with Crippen molar-refractivity contribution in [1.82, 2.24) is 0 Å². The Morgan fingerprint density at radius 1 is 1.04 bits per heavy atom. The van der Waals surface area contributed by atoms with Crippen molar-refractivity contribution < 1.29 is 23.8 Å². The molecule has 26 heavy (non-hydrogen) atoms. The summed E-state index contributed by atoms with van der Waals surface area (Å²) in [5.41, 5.74) is 0.610. The van der Waals surface area contributed by atoms with E-state index in [1.165, 1.54) is 12.1 Å². The Morgan fingerprint density at radius 3 is 2.62 bits per heavy atom. The Bertz CT molecular complexity index is 840. The first kappa shape index (κ1) is 18.4. The molecule has 0 aliphatic carbocycles. The van der Waals surface area contributed by atoms with E-state index in [9.17, 15) is 9.59 Å². The van der Waals surface area contributed by atoms with Gasteiger partial charge in [0.15, 0.2) is 18.1 Å². The van der Waals surface area contributed by atoms with Crippen LogP contribution < -0.4 is 14.8 Å². The molecule has 6 nitrogen and oxygen atoms in total. The number of amides is 1. The van der Waals surface area contributed by atoms with Crippen molar-refractivity contribution in [3.63, 3.8) is 0 Å². The molecule has 0 aromatic heterocycles. The summed E-state index contributed by atoms with van der Waals surface area (Å²) >= 11 is 11.8. The van der Waals surface area contributed by atoms with Crippen LogP contribution in [0.2, 0.25) is 10.0 Å². The number of esters is 1. The average Bonchev–Trinajstić information content (AvgIpc) is 2.86. The lowest BCUT2D eigenvalue weighted by Crippen LogP contribution is -2.21. The van der Waals surface area contributed by atoms with Crippen LogP contribution in [0.15, 0.2) is 36.4 Å². The molecule has 0 fully saturated rings. The zero-order valence-corrected chi connectivity index (χ0v) is 15.1. The van der Waals surface area contributed by atoms with Crippen LogP contribution in [0.3, 0.4) is 0 Å². The lowest BCUT2D eigenvalue weighted by Gasteiger charge is -2.11. The fourth-order valence-corrected chi connectivity index (χ4v) is 2.67. The van der Waals surface area contributed by atoms with E-state index >= 15 is 0 Å². The maximum absolute atomic E-state index is 12.0. The molecule has 2 aromatic carbocycles. The lowest BCUT2D eigenvalue weighted by atomic mass is 10.2. The van der Waals surface area contributed by atoms with Gasteiger partial charge in [-0.2, -0.15) is 0 Å². The number of hydrogen-bond acceptors (Lipinski definition) is 5. The molecule has 0 saturated heterocycles. The normalized spacial score (nSPS) is 12.8. The van der Waals surface area contributed by atoms with E-state index in [4.69, 9.17) is 37.4 Å². The van der Waals surface area contributed by atoms with Crippen molar-refractivity contribution in [3.05, 3.63) is 52.0 Å². The van der Waals surface area contributed by atoms with Crippen LogP contribution in [-0.2, 0) is 9.53 Å². The minimum Gasteiger partial charge on any atom is -0.490 e. The monoisotopic (exact) mass is 395 g/mol. The van der Waals surface area contributed by atoms with E-state index in [2.05, 4.69) is 5.32 Å². The van der Waals surface area contributed by atoms with Gasteiger partial charge >= 0.3 is 5.97 Å². The maximum Gasteiger partial charge on any atom is 0.340 e. The maximum atomic E-state index is 12.0. The van der Waals surface area contributed by atoms with E-state index in [0.29, 0.717) is 35.4 Å². The molecule has 1 amide bonds. The molecule has 1 aliphatic rings. The van der Waals surface area contributed by atoms with Crippen molar-refractivity contribution >= 4 is 40.8 Å². The predicted molar refractivity (Wildman–Crippen MR) is 97.4 cm³/mol. The summed E-state index contributed by atoms with van der Waals surface area (Å²) in [7, 11) is 0. The van der Waals surface area contributed by atoms with Crippen LogP contribution in [0.1, 0.15) is 16.8 Å². The molecular formula is C18H15Cl2NO5. The molecule has 0 radical (unpaired) electrons. The van der Waals surface area contributed by atoms with E-state index < -0.39 is 18.5 Å². The van der Waals surface area contributed by atoms with Crippen LogP contribution in [0.5, 0.6) is 11.5 Å². The molecule has 2 aromatic rings. The van der Waals surface area contributed by atoms with Gasteiger partial charge in [-0.05, 0) is 30.3 Å². The largest absolute Gasteiger partial charge is 0.490 e. The van der Waals surface area contributed by atoms with Gasteiger partial charge in [-0.15, -0.1) is 0 Å². The van der Waals surface area contributed by atoms with Crippen molar-refractivity contribution in [3.8, 4) is 11.5 Å². The number of carbonyl (C=O) groups is 2. The van der Waals surface area contributed by atoms with E-state index in [1.807, 2.05) is 0 Å². The van der Waals surface area contributed by atoms with Gasteiger partial charge in [-0.25, -0.2) is 4.79 Å². The molecular weight excluding hydrogens is 381 g/mol. The van der Waals surface area contributed by atoms with Gasteiger partial charge in [0.2, 0.25) is 0 Å². The van der Waals surface area contributed by atoms with Crippen molar-refractivity contribution in [2.24, 2.45) is 0 Å². The SMILES string of the molecule is O=C(COC(=O)c1cc(Cl)ccc1Cl)Nc1ccc2c(c1)OCCCO2. The Labute approximate surface area is 159 Å². The van der Waals surface area contributed by atoms with E-state index in [0.717, 1.165) is 6.42 Å². The molecule has 136 valence electrons. The second kappa shape index (κ2) is 8.29. The number of anilines is 1. The van der Waals surface area contributed by atoms with Gasteiger partial charge in [0.25, 0.3) is 5.91 Å². The quantitative estimate of drug-likeness (QED) is 0.793. The highest BCUT2D eigenvalue weighted by Crippen LogP contribution is 2.32. The predicted octanol–water partition coefficient (Wildman–Crippen LogP) is 3.95. The van der Waals surface area contributed by atoms with Gasteiger partial charge in [-0.1, -0.05) is 23.2 Å². The minimum absolute atomic E-state index is 0.0996. The smallest absolute Gasteiger partial charge is 0.340 e. The number of hydrogen-bond donors (Lipinski definition) is 1. The molecule has 0 bridgehead atoms. The van der Waals surface area contributed by atoms with Gasteiger partial charge in [-0.3, -0.25) is 4.79 Å². The fourth-order valence-electron chi connectivity index (χ4n) is 2.30. The number of rotatable bonds is 4. The van der Waals surface area contributed by atoms with Crippen LogP contribution in [0.4, 0.5) is 5.69 Å². The first-order valence-electron chi connectivity index (χ1n) is 7.84. The number of ether oxygens (including phenoxy) is 3. The zero-order valence-electron chi connectivity index (χ0n) is 13.6. The Hall–Kier alpha value is -2.44. The Balaban J connectivity index is 1.58. The van der Waals surface area contributed by atoms with Gasteiger partial charge < -0.3 is 19.5 Å². The Kier molecular flexibility index (Phi) is 5.85. The summed E-state index contributed by atoms with van der Waals surface area (Å²) in [6, 6.07) is 9.48. The number of benzene rings is 2. The highest BCUT2D eigenvalue weighted by molar-refractivity contribution is 6.35. The topological polar surface area (TPSA) is 73.9 Å². The summed E-state index contributed by atoms with van der Waals surface area (Å²) in [5.74, 6) is -0.0390. The lowest BCUT2D eigenvalue weighted by molar-refractivity contribution is -0.119. The molecule has 1 N–H and O–H groups in total. The molecule has 3 rings (SSSR count). The third-order valence-electron chi connectivity index (χ3n) is 3.51. The van der Waals surface area contributed by atoms with Crippen LogP contribution >= 0.6 is 23.2 Å². The number of carbonyl (C=O) groups excluding carboxylic acids is 2. The van der Waals surface area contributed by atoms with Crippen LogP contribution in [-0.4, -0.2) is 31.7 Å². The first-order chi connectivity index (χ1) is 12.5. The Morgan fingerprint density at radius 2 is 1.81 bits per heavy atom. The van der Waals surface area contributed by atoms with Crippen molar-refractivity contribution in [1.29, 1.82) is 0 Å². The van der Waals surface area contributed by atoms with Crippen LogP contribution in [0, 0.1) is 0 Å². The average molecular weight is 396 g/mol. The second-order valence-electron chi connectivity index (χ2n) is 5.46. The standard InChI is InChI=1S/C18H15Cl2NO5/c19-11-2-4-14(20)13(8-11)18(23)26-10-17(22)21-12-3-5-15-16(9-12)25-7-1-6-24-15/h2-5,8-9H,1,6-7,10H2,(H,21,22). The van der Waals surface area contributed by atoms with Crippen molar-refractivity contribution in [2.75, 3.05) is 25.1 Å². The number of halogens is 2. The summed E-state index contributed by atoms with van der Waals surface area (Å²) in [6.07, 6.45) is 0.790. The molecule has 0 saturated carbocycles. The van der Waals surface area contributed by atoms with Gasteiger partial charge in [0.05, 0.1) is 23.8 Å². The fraction of sp³-hybridized carbons (Fsp3) is 0.222. The molecule has 0 spiro atoms.